The van der Waals surface area contributed by atoms with Gasteiger partial charge in [0.15, 0.2) is 0 Å². The van der Waals surface area contributed by atoms with E-state index in [4.69, 9.17) is 1.43 Å². The molecule has 1 radical (unpaired) electrons. The van der Waals surface area contributed by atoms with Crippen LogP contribution in [0.3, 0.4) is 0 Å². The Kier molecular flexibility index (Phi) is 3.99. The average Bonchev–Trinajstić information content (AvgIpc) is 2.93. The van der Waals surface area contributed by atoms with Crippen LogP contribution in [0.25, 0.3) is 0 Å². The monoisotopic (exact) mass is 236 g/mol. The summed E-state index contributed by atoms with van der Waals surface area (Å²) in [5.74, 6) is 1.92. The normalized spacial score (nSPS) is 30.1. The van der Waals surface area contributed by atoms with Crippen molar-refractivity contribution in [2.75, 3.05) is 6.61 Å². The van der Waals surface area contributed by atoms with E-state index < -0.39 is 0 Å². The SMILES string of the molecule is [2H]OC[C@H]1[C@H](C)C[B][C@@H]1CCCc1cccs1. The van der Waals surface area contributed by atoms with Crippen molar-refractivity contribution in [1.82, 2.24) is 0 Å². The van der Waals surface area contributed by atoms with Gasteiger partial charge >= 0.3 is 0 Å². The minimum Gasteiger partial charge on any atom is -0.396 e. The molecule has 1 nitrogen and oxygen atoms in total. The van der Waals surface area contributed by atoms with Crippen molar-refractivity contribution in [2.45, 2.75) is 38.3 Å². The molecule has 0 amide bonds. The first-order chi connectivity index (χ1) is 8.31. The zero-order valence-electron chi connectivity index (χ0n) is 10.9. The van der Waals surface area contributed by atoms with Crippen LogP contribution in [-0.2, 0) is 6.42 Å². The number of aryl methyl sites for hydroxylation is 1. The van der Waals surface area contributed by atoms with Gasteiger partial charge in [0.1, 0.15) is 7.28 Å². The molecule has 87 valence electrons. The fourth-order valence-corrected chi connectivity index (χ4v) is 3.50. The van der Waals surface area contributed by atoms with Crippen molar-refractivity contribution < 1.29 is 5.11 Å². The molecule has 0 aromatic carbocycles. The van der Waals surface area contributed by atoms with Crippen LogP contribution in [0.2, 0.25) is 12.1 Å². The summed E-state index contributed by atoms with van der Waals surface area (Å²) in [6, 6.07) is 4.34. The molecule has 16 heavy (non-hydrogen) atoms. The number of aliphatic hydroxyl groups is 1. The molecule has 1 saturated heterocycles. The molecule has 1 aliphatic rings. The van der Waals surface area contributed by atoms with E-state index in [2.05, 4.69) is 36.8 Å². The summed E-state index contributed by atoms with van der Waals surface area (Å²) in [5, 5.41) is 6.76. The maximum Gasteiger partial charge on any atom is 0.210 e. The molecule has 1 fully saturated rings. The molecule has 0 saturated carbocycles. The lowest BCUT2D eigenvalue weighted by molar-refractivity contribution is 0.189. The van der Waals surface area contributed by atoms with E-state index in [1.54, 1.807) is 0 Å². The van der Waals surface area contributed by atoms with Crippen molar-refractivity contribution >= 4 is 18.6 Å². The Hall–Kier alpha value is -0.275. The molecule has 1 N–H and O–H groups in total. The molecule has 0 aliphatic carbocycles. The minimum atomic E-state index is 0.566. The predicted octanol–water partition coefficient (Wildman–Crippen LogP) is 3.24. The van der Waals surface area contributed by atoms with E-state index in [0.717, 1.165) is 0 Å². The van der Waals surface area contributed by atoms with Gasteiger partial charge in [-0.05, 0) is 36.1 Å². The lowest BCUT2D eigenvalue weighted by atomic mass is 9.63. The standard InChI is InChI=1S/C13H20BOS/c1-10-8-14-13(12(10)9-15)6-2-4-11-5-3-7-16-11/h3,5,7,10,12-13,15H,2,4,6,8-9H2,1H3/t10-,12+,13-/m1/s1/i15D. The molecule has 0 unspecified atom stereocenters. The van der Waals surface area contributed by atoms with Crippen LogP contribution in [-0.4, -0.2) is 20.4 Å². The van der Waals surface area contributed by atoms with E-state index >= 15 is 0 Å². The highest BCUT2D eigenvalue weighted by Crippen LogP contribution is 2.39. The third kappa shape index (κ3) is 2.89. The predicted molar refractivity (Wildman–Crippen MR) is 71.3 cm³/mol. The highest BCUT2D eigenvalue weighted by atomic mass is 32.1. The molecule has 3 atom stereocenters. The van der Waals surface area contributed by atoms with E-state index in [-0.39, 0.29) is 0 Å². The van der Waals surface area contributed by atoms with Gasteiger partial charge in [-0.3, -0.25) is 0 Å². The second-order valence-electron chi connectivity index (χ2n) is 4.91. The second kappa shape index (κ2) is 5.88. The number of aliphatic hydroxyl groups excluding tert-OH is 1. The molecule has 1 aliphatic heterocycles. The third-order valence-corrected chi connectivity index (χ3v) is 4.76. The Bertz CT molecular complexity index is 317. The van der Waals surface area contributed by atoms with Gasteiger partial charge in [0.05, 0.1) is 0 Å². The average molecular weight is 236 g/mol. The first-order valence-corrected chi connectivity index (χ1v) is 7.13. The van der Waals surface area contributed by atoms with Gasteiger partial charge in [0, 0.05) is 11.5 Å². The second-order valence-corrected chi connectivity index (χ2v) is 5.95. The molecule has 0 spiro atoms. The van der Waals surface area contributed by atoms with E-state index in [1.165, 1.54) is 30.5 Å². The van der Waals surface area contributed by atoms with Gasteiger partial charge in [-0.1, -0.05) is 31.5 Å². The van der Waals surface area contributed by atoms with Crippen LogP contribution in [0.4, 0.5) is 0 Å². The Morgan fingerprint density at radius 2 is 2.62 bits per heavy atom. The first-order valence-electron chi connectivity index (χ1n) is 6.66. The van der Waals surface area contributed by atoms with Crippen molar-refractivity contribution in [3.63, 3.8) is 0 Å². The van der Waals surface area contributed by atoms with Crippen molar-refractivity contribution in [2.24, 2.45) is 11.8 Å². The highest BCUT2D eigenvalue weighted by molar-refractivity contribution is 7.09. The minimum absolute atomic E-state index is 0.566. The summed E-state index contributed by atoms with van der Waals surface area (Å²) in [6.07, 6.45) is 4.89. The van der Waals surface area contributed by atoms with E-state index in [1.807, 2.05) is 11.3 Å². The topological polar surface area (TPSA) is 20.2 Å². The maximum atomic E-state index is 6.93. The van der Waals surface area contributed by atoms with Gasteiger partial charge in [-0.25, -0.2) is 0 Å². The van der Waals surface area contributed by atoms with Gasteiger partial charge in [-0.15, -0.1) is 11.3 Å². The zero-order valence-corrected chi connectivity index (χ0v) is 10.7. The number of rotatable bonds is 6. The number of hydrogen-bond donors (Lipinski definition) is 1. The summed E-state index contributed by atoms with van der Waals surface area (Å²) < 4.78 is 6.93. The summed E-state index contributed by atoms with van der Waals surface area (Å²) in [4.78, 5) is 1.49. The van der Waals surface area contributed by atoms with Gasteiger partial charge < -0.3 is 5.11 Å². The van der Waals surface area contributed by atoms with Crippen LogP contribution in [0.5, 0.6) is 0 Å². The highest BCUT2D eigenvalue weighted by Gasteiger charge is 2.32. The molecule has 0 bridgehead atoms. The van der Waals surface area contributed by atoms with Gasteiger partial charge in [0.2, 0.25) is 1.43 Å². The smallest absolute Gasteiger partial charge is 0.210 e. The fraction of sp³-hybridized carbons (Fsp3) is 0.692. The van der Waals surface area contributed by atoms with Gasteiger partial charge in [0.25, 0.3) is 0 Å². The van der Waals surface area contributed by atoms with Crippen molar-refractivity contribution in [1.29, 1.82) is 1.43 Å². The third-order valence-electron chi connectivity index (χ3n) is 3.82. The quantitative estimate of drug-likeness (QED) is 0.752. The molecule has 1 aromatic heterocycles. The summed E-state index contributed by atoms with van der Waals surface area (Å²) in [5.41, 5.74) is 0. The van der Waals surface area contributed by atoms with Crippen molar-refractivity contribution in [3.05, 3.63) is 22.4 Å². The number of hydrogen-bond acceptors (Lipinski definition) is 2. The van der Waals surface area contributed by atoms with E-state index in [0.29, 0.717) is 24.3 Å². The Morgan fingerprint density at radius 3 is 3.38 bits per heavy atom. The maximum absolute atomic E-state index is 6.93. The molecular formula is C13H20BOS. The largest absolute Gasteiger partial charge is 0.396 e. The fourth-order valence-electron chi connectivity index (χ4n) is 2.75. The number of thiophene rings is 1. The van der Waals surface area contributed by atoms with Crippen LogP contribution in [0, 0.1) is 11.8 Å². The van der Waals surface area contributed by atoms with E-state index in [9.17, 15) is 0 Å². The Morgan fingerprint density at radius 1 is 1.69 bits per heavy atom. The first kappa shape index (κ1) is 10.9. The van der Waals surface area contributed by atoms with Crippen LogP contribution < -0.4 is 0 Å². The molecule has 2 heterocycles. The molecule has 3 heteroatoms. The Labute approximate surface area is 105 Å². The van der Waals surface area contributed by atoms with Crippen LogP contribution in [0.15, 0.2) is 17.5 Å². The molecule has 2 rings (SSSR count). The lowest BCUT2D eigenvalue weighted by Gasteiger charge is -2.20. The lowest BCUT2D eigenvalue weighted by Crippen LogP contribution is -2.14. The van der Waals surface area contributed by atoms with Crippen LogP contribution in [0.1, 0.15) is 24.6 Å². The molecular weight excluding hydrogens is 215 g/mol. The van der Waals surface area contributed by atoms with Crippen molar-refractivity contribution in [3.8, 4) is 0 Å². The molecule has 1 aromatic rings. The summed E-state index contributed by atoms with van der Waals surface area (Å²) >= 11 is 1.85. The summed E-state index contributed by atoms with van der Waals surface area (Å²) in [7, 11) is 2.45. The van der Waals surface area contributed by atoms with Gasteiger partial charge in [-0.2, -0.15) is 0 Å². The zero-order chi connectivity index (χ0) is 12.1. The summed E-state index contributed by atoms with van der Waals surface area (Å²) in [6.45, 7) is 2.88. The Balaban J connectivity index is 1.74. The van der Waals surface area contributed by atoms with Crippen LogP contribution >= 0.6 is 11.3 Å².